The number of phenols is 1. The molecule has 2 aliphatic rings. The Kier molecular flexibility index (Phi) is 4.49. The average molecular weight is 332 g/mol. The van der Waals surface area contributed by atoms with E-state index in [2.05, 4.69) is 0 Å². The molecule has 1 heterocycles. The fourth-order valence-corrected chi connectivity index (χ4v) is 3.28. The van der Waals surface area contributed by atoms with Crippen LogP contribution in [-0.2, 0) is 9.53 Å². The Morgan fingerprint density at radius 3 is 2.12 bits per heavy atom. The van der Waals surface area contributed by atoms with E-state index in [0.717, 1.165) is 12.8 Å². The third-order valence-electron chi connectivity index (χ3n) is 5.17. The molecule has 2 amide bonds. The van der Waals surface area contributed by atoms with E-state index in [0.29, 0.717) is 37.7 Å². The summed E-state index contributed by atoms with van der Waals surface area (Å²) in [6.07, 6.45) is 2.07. The third-order valence-corrected chi connectivity index (χ3v) is 5.17. The summed E-state index contributed by atoms with van der Waals surface area (Å²) in [5.41, 5.74) is -0.185. The first-order valence-corrected chi connectivity index (χ1v) is 8.38. The van der Waals surface area contributed by atoms with E-state index < -0.39 is 5.60 Å². The standard InChI is InChI=1S/C18H24N2O4/c1-18(24-2,14-5-6-14)17(23)20-11-9-19(10-12-20)16(22)13-3-7-15(21)8-4-13/h3-4,7-8,14,21H,5-6,9-12H2,1-2H3. The van der Waals surface area contributed by atoms with Gasteiger partial charge >= 0.3 is 0 Å². The molecule has 1 aliphatic carbocycles. The second kappa shape index (κ2) is 6.43. The highest BCUT2D eigenvalue weighted by Gasteiger charge is 2.49. The van der Waals surface area contributed by atoms with Crippen molar-refractivity contribution in [2.45, 2.75) is 25.4 Å². The number of piperazine rings is 1. The maximum atomic E-state index is 12.8. The van der Waals surface area contributed by atoms with Gasteiger partial charge in [0.15, 0.2) is 0 Å². The Bertz CT molecular complexity index is 618. The Morgan fingerprint density at radius 2 is 1.62 bits per heavy atom. The van der Waals surface area contributed by atoms with Crippen LogP contribution in [0.4, 0.5) is 0 Å². The number of ether oxygens (including phenoxy) is 1. The van der Waals surface area contributed by atoms with Gasteiger partial charge in [0, 0.05) is 38.9 Å². The van der Waals surface area contributed by atoms with E-state index in [-0.39, 0.29) is 17.6 Å². The molecule has 24 heavy (non-hydrogen) atoms. The van der Waals surface area contributed by atoms with Gasteiger partial charge in [0.05, 0.1) is 0 Å². The van der Waals surface area contributed by atoms with Crippen LogP contribution in [0.15, 0.2) is 24.3 Å². The van der Waals surface area contributed by atoms with Crippen LogP contribution in [0.2, 0.25) is 0 Å². The molecule has 0 radical (unpaired) electrons. The lowest BCUT2D eigenvalue weighted by atomic mass is 9.97. The zero-order chi connectivity index (χ0) is 17.3. The monoisotopic (exact) mass is 332 g/mol. The lowest BCUT2D eigenvalue weighted by molar-refractivity contribution is -0.157. The molecule has 1 aromatic rings. The van der Waals surface area contributed by atoms with Crippen molar-refractivity contribution >= 4 is 11.8 Å². The second-order valence-corrected chi connectivity index (χ2v) is 6.72. The van der Waals surface area contributed by atoms with Crippen molar-refractivity contribution in [3.8, 4) is 5.75 Å². The molecule has 6 heteroatoms. The highest BCUT2D eigenvalue weighted by molar-refractivity contribution is 5.94. The van der Waals surface area contributed by atoms with Crippen LogP contribution < -0.4 is 0 Å². The van der Waals surface area contributed by atoms with Gasteiger partial charge in [0.25, 0.3) is 11.8 Å². The summed E-state index contributed by atoms with van der Waals surface area (Å²) in [6.45, 7) is 3.94. The van der Waals surface area contributed by atoms with Crippen LogP contribution in [-0.4, -0.2) is 65.6 Å². The molecule has 3 rings (SSSR count). The highest BCUT2D eigenvalue weighted by Crippen LogP contribution is 2.42. The second-order valence-electron chi connectivity index (χ2n) is 6.72. The first-order valence-electron chi connectivity index (χ1n) is 8.38. The molecule has 1 unspecified atom stereocenters. The average Bonchev–Trinajstić information content (AvgIpc) is 3.46. The molecule has 1 atom stereocenters. The number of amides is 2. The number of hydrogen-bond donors (Lipinski definition) is 1. The minimum atomic E-state index is -0.733. The van der Waals surface area contributed by atoms with Crippen molar-refractivity contribution in [3.05, 3.63) is 29.8 Å². The Balaban J connectivity index is 1.60. The predicted molar refractivity (Wildman–Crippen MR) is 88.7 cm³/mol. The summed E-state index contributed by atoms with van der Waals surface area (Å²) >= 11 is 0. The third kappa shape index (κ3) is 3.11. The number of aromatic hydroxyl groups is 1. The molecule has 6 nitrogen and oxygen atoms in total. The molecule has 0 bridgehead atoms. The van der Waals surface area contributed by atoms with Gasteiger partial charge in [-0.1, -0.05) is 0 Å². The number of carbonyl (C=O) groups is 2. The van der Waals surface area contributed by atoms with Gasteiger partial charge in [-0.3, -0.25) is 9.59 Å². The fraction of sp³-hybridized carbons (Fsp3) is 0.556. The van der Waals surface area contributed by atoms with E-state index in [4.69, 9.17) is 4.74 Å². The van der Waals surface area contributed by atoms with Crippen molar-refractivity contribution in [1.82, 2.24) is 9.80 Å². The number of benzene rings is 1. The first kappa shape index (κ1) is 16.8. The van der Waals surface area contributed by atoms with Crippen LogP contribution in [0.3, 0.4) is 0 Å². The van der Waals surface area contributed by atoms with Gasteiger partial charge in [-0.05, 0) is 49.9 Å². The van der Waals surface area contributed by atoms with Crippen molar-refractivity contribution < 1.29 is 19.4 Å². The zero-order valence-electron chi connectivity index (χ0n) is 14.2. The number of phenolic OH excluding ortho intramolecular Hbond substituents is 1. The van der Waals surface area contributed by atoms with Gasteiger partial charge in [-0.2, -0.15) is 0 Å². The van der Waals surface area contributed by atoms with Crippen LogP contribution in [0.25, 0.3) is 0 Å². The molecule has 1 aromatic carbocycles. The number of nitrogens with zero attached hydrogens (tertiary/aromatic N) is 2. The Morgan fingerprint density at radius 1 is 1.08 bits per heavy atom. The topological polar surface area (TPSA) is 70.1 Å². The highest BCUT2D eigenvalue weighted by atomic mass is 16.5. The van der Waals surface area contributed by atoms with Crippen molar-refractivity contribution in [2.24, 2.45) is 5.92 Å². The van der Waals surface area contributed by atoms with Crippen molar-refractivity contribution in [3.63, 3.8) is 0 Å². The summed E-state index contributed by atoms with van der Waals surface area (Å²) in [4.78, 5) is 28.8. The van der Waals surface area contributed by atoms with Gasteiger partial charge in [0.2, 0.25) is 0 Å². The summed E-state index contributed by atoms with van der Waals surface area (Å²) in [6, 6.07) is 6.24. The van der Waals surface area contributed by atoms with Crippen LogP contribution >= 0.6 is 0 Å². The van der Waals surface area contributed by atoms with Gasteiger partial charge in [-0.15, -0.1) is 0 Å². The van der Waals surface area contributed by atoms with E-state index in [1.807, 2.05) is 11.8 Å². The van der Waals surface area contributed by atoms with Gasteiger partial charge in [-0.25, -0.2) is 0 Å². The van der Waals surface area contributed by atoms with Gasteiger partial charge < -0.3 is 19.6 Å². The zero-order valence-corrected chi connectivity index (χ0v) is 14.2. The SMILES string of the molecule is COC(C)(C(=O)N1CCN(C(=O)c2ccc(O)cc2)CC1)C1CC1. The van der Waals surface area contributed by atoms with Gasteiger partial charge in [0.1, 0.15) is 11.4 Å². The summed E-state index contributed by atoms with van der Waals surface area (Å²) in [7, 11) is 1.60. The quantitative estimate of drug-likeness (QED) is 0.907. The predicted octanol–water partition coefficient (Wildman–Crippen LogP) is 1.49. The van der Waals surface area contributed by atoms with Crippen molar-refractivity contribution in [2.75, 3.05) is 33.3 Å². The minimum Gasteiger partial charge on any atom is -0.508 e. The molecule has 1 saturated carbocycles. The summed E-state index contributed by atoms with van der Waals surface area (Å²) in [5, 5.41) is 9.31. The molecule has 2 fully saturated rings. The molecule has 1 N–H and O–H groups in total. The van der Waals surface area contributed by atoms with E-state index in [1.54, 1.807) is 24.1 Å². The number of methoxy groups -OCH3 is 1. The first-order chi connectivity index (χ1) is 11.5. The van der Waals surface area contributed by atoms with E-state index >= 15 is 0 Å². The number of carbonyl (C=O) groups excluding carboxylic acids is 2. The minimum absolute atomic E-state index is 0.0317. The van der Waals surface area contributed by atoms with E-state index in [1.165, 1.54) is 12.1 Å². The molecule has 130 valence electrons. The Hall–Kier alpha value is -2.08. The lowest BCUT2D eigenvalue weighted by Gasteiger charge is -2.39. The normalized spacial score (nSPS) is 20.6. The number of hydrogen-bond acceptors (Lipinski definition) is 4. The maximum absolute atomic E-state index is 12.8. The van der Waals surface area contributed by atoms with Crippen LogP contribution in [0.1, 0.15) is 30.1 Å². The summed E-state index contributed by atoms with van der Waals surface area (Å²) < 4.78 is 5.54. The fourth-order valence-electron chi connectivity index (χ4n) is 3.28. The maximum Gasteiger partial charge on any atom is 0.254 e. The molecule has 0 aromatic heterocycles. The molecular formula is C18H24N2O4. The molecule has 1 aliphatic heterocycles. The smallest absolute Gasteiger partial charge is 0.254 e. The van der Waals surface area contributed by atoms with Crippen LogP contribution in [0.5, 0.6) is 5.75 Å². The van der Waals surface area contributed by atoms with Crippen LogP contribution in [0, 0.1) is 5.92 Å². The Labute approximate surface area is 142 Å². The van der Waals surface area contributed by atoms with Crippen molar-refractivity contribution in [1.29, 1.82) is 0 Å². The largest absolute Gasteiger partial charge is 0.508 e. The molecule has 0 spiro atoms. The number of rotatable bonds is 4. The molecule has 1 saturated heterocycles. The summed E-state index contributed by atoms with van der Waals surface area (Å²) in [5.74, 6) is 0.413. The lowest BCUT2D eigenvalue weighted by Crippen LogP contribution is -2.57. The van der Waals surface area contributed by atoms with E-state index in [9.17, 15) is 14.7 Å². The molecular weight excluding hydrogens is 308 g/mol.